The minimum absolute atomic E-state index is 0.0742. The molecule has 2 amide bonds. The Balaban J connectivity index is 1.31. The van der Waals surface area contributed by atoms with E-state index in [1.165, 1.54) is 29.5 Å². The smallest absolute Gasteiger partial charge is 0.244 e. The number of thiazole rings is 1. The Hall–Kier alpha value is -3.82. The summed E-state index contributed by atoms with van der Waals surface area (Å²) in [5.41, 5.74) is 3.22. The van der Waals surface area contributed by atoms with Crippen LogP contribution in [0, 0.1) is 5.92 Å². The molecule has 9 heteroatoms. The highest BCUT2D eigenvalue weighted by molar-refractivity contribution is 8.00. The van der Waals surface area contributed by atoms with Crippen LogP contribution in [0.5, 0.6) is 11.5 Å². The Morgan fingerprint density at radius 1 is 0.902 bits per heavy atom. The van der Waals surface area contributed by atoms with E-state index in [1.54, 1.807) is 14.2 Å². The molecule has 1 aromatic heterocycles. The van der Waals surface area contributed by atoms with Gasteiger partial charge in [0.15, 0.2) is 16.6 Å². The maximum absolute atomic E-state index is 13.6. The number of benzene rings is 3. The van der Waals surface area contributed by atoms with Gasteiger partial charge in [-0.25, -0.2) is 4.98 Å². The van der Waals surface area contributed by atoms with Gasteiger partial charge in [-0.05, 0) is 54.8 Å². The summed E-state index contributed by atoms with van der Waals surface area (Å²) < 4.78 is 10.8. The number of carbonyl (C=O) groups is 2. The molecular formula is C32H33N3O4S2. The lowest BCUT2D eigenvalue weighted by Gasteiger charge is -2.21. The quantitative estimate of drug-likeness (QED) is 0.184. The topological polar surface area (TPSA) is 89.6 Å². The van der Waals surface area contributed by atoms with Crippen LogP contribution in [0.15, 0.2) is 83.1 Å². The van der Waals surface area contributed by atoms with Gasteiger partial charge in [-0.2, -0.15) is 0 Å². The third-order valence-electron chi connectivity index (χ3n) is 7.09. The number of ether oxygens (including phenoxy) is 2. The number of nitrogens with zero attached hydrogens (tertiary/aromatic N) is 1. The van der Waals surface area contributed by atoms with Crippen molar-refractivity contribution in [3.05, 3.63) is 83.7 Å². The zero-order valence-electron chi connectivity index (χ0n) is 23.1. The maximum atomic E-state index is 13.6. The molecule has 4 aromatic rings. The average Bonchev–Trinajstić information content (AvgIpc) is 3.49. The van der Waals surface area contributed by atoms with Gasteiger partial charge in [0.25, 0.3) is 0 Å². The van der Waals surface area contributed by atoms with Crippen molar-refractivity contribution in [2.24, 2.45) is 5.92 Å². The molecule has 3 aromatic carbocycles. The molecule has 1 fully saturated rings. The Morgan fingerprint density at radius 3 is 2.44 bits per heavy atom. The summed E-state index contributed by atoms with van der Waals surface area (Å²) in [6.07, 6.45) is 5.31. The van der Waals surface area contributed by atoms with Gasteiger partial charge >= 0.3 is 0 Å². The highest BCUT2D eigenvalue weighted by Crippen LogP contribution is 2.38. The summed E-state index contributed by atoms with van der Waals surface area (Å²) in [7, 11) is 3.19. The van der Waals surface area contributed by atoms with Crippen LogP contribution < -0.4 is 20.1 Å². The molecule has 0 aliphatic heterocycles. The Bertz CT molecular complexity index is 1490. The first-order valence-electron chi connectivity index (χ1n) is 13.7. The number of hydrogen-bond donors (Lipinski definition) is 2. The van der Waals surface area contributed by atoms with Gasteiger partial charge in [0, 0.05) is 27.4 Å². The molecule has 0 radical (unpaired) electrons. The number of rotatable bonds is 10. The first-order valence-corrected chi connectivity index (χ1v) is 15.4. The number of hydrogen-bond acceptors (Lipinski definition) is 7. The largest absolute Gasteiger partial charge is 0.493 e. The Morgan fingerprint density at radius 2 is 1.68 bits per heavy atom. The van der Waals surface area contributed by atoms with Gasteiger partial charge in [-0.15, -0.1) is 23.1 Å². The Kier molecular flexibility index (Phi) is 9.59. The molecule has 2 N–H and O–H groups in total. The summed E-state index contributed by atoms with van der Waals surface area (Å²) in [4.78, 5) is 32.0. The SMILES string of the molecule is COc1ccc(-c2csc(NC(=O)C(Sc3cccc(NC(=O)C4CCCCC4)c3)c3ccccc3)n2)cc1OC. The van der Waals surface area contributed by atoms with E-state index in [2.05, 4.69) is 15.6 Å². The van der Waals surface area contributed by atoms with Crippen LogP contribution in [0.1, 0.15) is 42.9 Å². The minimum Gasteiger partial charge on any atom is -0.493 e. The first-order chi connectivity index (χ1) is 20.0. The second-order valence-corrected chi connectivity index (χ2v) is 11.9. The number of aromatic nitrogens is 1. The summed E-state index contributed by atoms with van der Waals surface area (Å²) in [6, 6.07) is 23.0. The summed E-state index contributed by atoms with van der Waals surface area (Å²) in [5.74, 6) is 1.23. The molecule has 1 unspecified atom stereocenters. The zero-order valence-corrected chi connectivity index (χ0v) is 24.7. The highest BCUT2D eigenvalue weighted by atomic mass is 32.2. The van der Waals surface area contributed by atoms with E-state index in [1.807, 2.05) is 78.2 Å². The van der Waals surface area contributed by atoms with E-state index in [0.717, 1.165) is 53.1 Å². The molecule has 1 heterocycles. The average molecular weight is 588 g/mol. The number of methoxy groups -OCH3 is 2. The van der Waals surface area contributed by atoms with E-state index >= 15 is 0 Å². The number of thioether (sulfide) groups is 1. The van der Waals surface area contributed by atoms with Crippen LogP contribution in [0.4, 0.5) is 10.8 Å². The van der Waals surface area contributed by atoms with E-state index in [-0.39, 0.29) is 17.7 Å². The van der Waals surface area contributed by atoms with Crippen molar-refractivity contribution >= 4 is 45.7 Å². The molecule has 1 aliphatic carbocycles. The first kappa shape index (κ1) is 28.7. The van der Waals surface area contributed by atoms with Crippen LogP contribution >= 0.6 is 23.1 Å². The van der Waals surface area contributed by atoms with Crippen molar-refractivity contribution in [1.29, 1.82) is 0 Å². The van der Waals surface area contributed by atoms with Gasteiger partial charge in [0.1, 0.15) is 5.25 Å². The fourth-order valence-corrected chi connectivity index (χ4v) is 6.73. The molecular weight excluding hydrogens is 555 g/mol. The minimum atomic E-state index is -0.520. The maximum Gasteiger partial charge on any atom is 0.244 e. The second-order valence-electron chi connectivity index (χ2n) is 9.86. The number of nitrogens with one attached hydrogen (secondary N) is 2. The highest BCUT2D eigenvalue weighted by Gasteiger charge is 2.24. The third-order valence-corrected chi connectivity index (χ3v) is 9.09. The lowest BCUT2D eigenvalue weighted by molar-refractivity contribution is -0.120. The lowest BCUT2D eigenvalue weighted by Crippen LogP contribution is -2.24. The summed E-state index contributed by atoms with van der Waals surface area (Å²) in [6.45, 7) is 0. The fourth-order valence-electron chi connectivity index (χ4n) is 4.92. The molecule has 1 atom stereocenters. The van der Waals surface area contributed by atoms with Crippen molar-refractivity contribution in [2.75, 3.05) is 24.9 Å². The van der Waals surface area contributed by atoms with Gasteiger partial charge in [-0.3, -0.25) is 9.59 Å². The van der Waals surface area contributed by atoms with Crippen molar-refractivity contribution in [1.82, 2.24) is 4.98 Å². The molecule has 0 saturated heterocycles. The van der Waals surface area contributed by atoms with Crippen LogP contribution in [0.25, 0.3) is 11.3 Å². The predicted octanol–water partition coefficient (Wildman–Crippen LogP) is 7.82. The van der Waals surface area contributed by atoms with Crippen LogP contribution in [-0.4, -0.2) is 31.0 Å². The summed E-state index contributed by atoms with van der Waals surface area (Å²) in [5, 5.41) is 8.00. The van der Waals surface area contributed by atoms with Crippen molar-refractivity contribution in [3.63, 3.8) is 0 Å². The van der Waals surface area contributed by atoms with Crippen LogP contribution in [0.3, 0.4) is 0 Å². The fraction of sp³-hybridized carbons (Fsp3) is 0.281. The molecule has 0 bridgehead atoms. The molecule has 1 aliphatic rings. The number of amides is 2. The van der Waals surface area contributed by atoms with Crippen molar-refractivity contribution < 1.29 is 19.1 Å². The third kappa shape index (κ3) is 7.28. The molecule has 0 spiro atoms. The Labute approximate surface area is 248 Å². The van der Waals surface area contributed by atoms with Gasteiger partial charge < -0.3 is 20.1 Å². The zero-order chi connectivity index (χ0) is 28.6. The summed E-state index contributed by atoms with van der Waals surface area (Å²) >= 11 is 2.81. The van der Waals surface area contributed by atoms with Crippen LogP contribution in [0.2, 0.25) is 0 Å². The molecule has 1 saturated carbocycles. The van der Waals surface area contributed by atoms with E-state index in [4.69, 9.17) is 9.47 Å². The van der Waals surface area contributed by atoms with Crippen LogP contribution in [-0.2, 0) is 9.59 Å². The van der Waals surface area contributed by atoms with Crippen molar-refractivity contribution in [3.8, 4) is 22.8 Å². The number of anilines is 2. The predicted molar refractivity (Wildman–Crippen MR) is 166 cm³/mol. The molecule has 7 nitrogen and oxygen atoms in total. The normalized spacial score (nSPS) is 14.2. The van der Waals surface area contributed by atoms with Gasteiger partial charge in [0.2, 0.25) is 11.8 Å². The molecule has 41 heavy (non-hydrogen) atoms. The van der Waals surface area contributed by atoms with Crippen molar-refractivity contribution in [2.45, 2.75) is 42.2 Å². The van der Waals surface area contributed by atoms with E-state index in [9.17, 15) is 9.59 Å². The second kappa shape index (κ2) is 13.7. The lowest BCUT2D eigenvalue weighted by atomic mass is 9.88. The van der Waals surface area contributed by atoms with E-state index in [0.29, 0.717) is 16.6 Å². The molecule has 5 rings (SSSR count). The monoisotopic (exact) mass is 587 g/mol. The van der Waals surface area contributed by atoms with E-state index < -0.39 is 5.25 Å². The van der Waals surface area contributed by atoms with Gasteiger partial charge in [-0.1, -0.05) is 55.7 Å². The number of carbonyl (C=O) groups excluding carboxylic acids is 2. The molecule has 212 valence electrons. The standard InChI is InChI=1S/C32H33N3O4S2/c1-38-27-17-16-23(18-28(27)39-2)26-20-40-32(34-26)35-31(37)29(21-10-5-3-6-11-21)41-25-15-9-14-24(19-25)33-30(36)22-12-7-4-8-13-22/h3,5-6,9-11,14-20,22,29H,4,7-8,12-13H2,1-2H3,(H,33,36)(H,34,35,37). The van der Waals surface area contributed by atoms with Gasteiger partial charge in [0.05, 0.1) is 19.9 Å².